The molecule has 9 heteroatoms. The quantitative estimate of drug-likeness (QED) is 0.255. The Bertz CT molecular complexity index is 1050. The van der Waals surface area contributed by atoms with Crippen molar-refractivity contribution in [2.24, 2.45) is 11.7 Å². The SMILES string of the molecule is CCCC(CCCl)(CCCl)OC(=O)C1C[C@@H](C(=O)OCc2ccccc2)N(C(=O)[C@@H](N)Cc2ccccc2)C1. The molecule has 1 heterocycles. The van der Waals surface area contributed by atoms with Gasteiger partial charge < -0.3 is 20.1 Å². The second-order valence-electron chi connectivity index (χ2n) is 10.1. The molecule has 0 spiro atoms. The third kappa shape index (κ3) is 8.69. The van der Waals surface area contributed by atoms with E-state index in [1.807, 2.05) is 67.6 Å². The van der Waals surface area contributed by atoms with Crippen LogP contribution in [0.2, 0.25) is 0 Å². The lowest BCUT2D eigenvalue weighted by Crippen LogP contribution is -2.49. The number of nitrogens with two attached hydrogens (primary N) is 1. The first-order chi connectivity index (χ1) is 18.8. The van der Waals surface area contributed by atoms with Gasteiger partial charge in [0.25, 0.3) is 0 Å². The van der Waals surface area contributed by atoms with Crippen LogP contribution in [-0.2, 0) is 36.9 Å². The van der Waals surface area contributed by atoms with Crippen LogP contribution in [0, 0.1) is 5.92 Å². The highest BCUT2D eigenvalue weighted by atomic mass is 35.5. The summed E-state index contributed by atoms with van der Waals surface area (Å²) >= 11 is 12.1. The van der Waals surface area contributed by atoms with Crippen molar-refractivity contribution in [2.45, 2.75) is 69.7 Å². The maximum absolute atomic E-state index is 13.5. The highest BCUT2D eigenvalue weighted by molar-refractivity contribution is 6.18. The summed E-state index contributed by atoms with van der Waals surface area (Å²) in [6.07, 6.45) is 2.76. The lowest BCUT2D eigenvalue weighted by molar-refractivity contribution is -0.166. The Morgan fingerprint density at radius 1 is 0.949 bits per heavy atom. The molecule has 212 valence electrons. The minimum atomic E-state index is -0.942. The Balaban J connectivity index is 1.78. The largest absolute Gasteiger partial charge is 0.459 e. The summed E-state index contributed by atoms with van der Waals surface area (Å²) < 4.78 is 11.6. The number of ether oxygens (including phenoxy) is 2. The second-order valence-corrected chi connectivity index (χ2v) is 10.8. The van der Waals surface area contributed by atoms with E-state index >= 15 is 0 Å². The number of benzene rings is 2. The van der Waals surface area contributed by atoms with Gasteiger partial charge >= 0.3 is 11.9 Å². The summed E-state index contributed by atoms with van der Waals surface area (Å²) in [5.41, 5.74) is 7.26. The number of esters is 2. The van der Waals surface area contributed by atoms with Crippen LogP contribution in [-0.4, -0.2) is 58.7 Å². The molecule has 2 N–H and O–H groups in total. The van der Waals surface area contributed by atoms with Crippen LogP contribution >= 0.6 is 23.2 Å². The molecular formula is C30H38Cl2N2O5. The van der Waals surface area contributed by atoms with Crippen molar-refractivity contribution in [1.82, 2.24) is 4.90 Å². The summed E-state index contributed by atoms with van der Waals surface area (Å²) in [6, 6.07) is 16.9. The fourth-order valence-corrected chi connectivity index (χ4v) is 5.78. The van der Waals surface area contributed by atoms with E-state index in [9.17, 15) is 14.4 Å². The van der Waals surface area contributed by atoms with Gasteiger partial charge in [0.1, 0.15) is 18.2 Å². The average molecular weight is 578 g/mol. The number of alkyl halides is 2. The molecule has 1 amide bonds. The van der Waals surface area contributed by atoms with Crippen molar-refractivity contribution >= 4 is 41.0 Å². The van der Waals surface area contributed by atoms with Crippen LogP contribution in [0.15, 0.2) is 60.7 Å². The fourth-order valence-electron chi connectivity index (χ4n) is 5.09. The van der Waals surface area contributed by atoms with Crippen LogP contribution < -0.4 is 5.73 Å². The molecular weight excluding hydrogens is 539 g/mol. The van der Waals surface area contributed by atoms with E-state index in [-0.39, 0.29) is 19.6 Å². The molecule has 7 nitrogen and oxygen atoms in total. The average Bonchev–Trinajstić information content (AvgIpc) is 3.39. The van der Waals surface area contributed by atoms with Crippen molar-refractivity contribution in [1.29, 1.82) is 0 Å². The number of hydrogen-bond acceptors (Lipinski definition) is 6. The smallest absolute Gasteiger partial charge is 0.329 e. The molecule has 0 radical (unpaired) electrons. The summed E-state index contributed by atoms with van der Waals surface area (Å²) in [5.74, 6) is -1.50. The van der Waals surface area contributed by atoms with Gasteiger partial charge in [0, 0.05) is 31.1 Å². The maximum atomic E-state index is 13.5. The molecule has 1 aliphatic rings. The normalized spacial score (nSPS) is 18.0. The highest BCUT2D eigenvalue weighted by Crippen LogP contribution is 2.33. The van der Waals surface area contributed by atoms with Crippen molar-refractivity contribution in [3.63, 3.8) is 0 Å². The molecule has 1 aliphatic heterocycles. The van der Waals surface area contributed by atoms with Crippen LogP contribution in [0.25, 0.3) is 0 Å². The van der Waals surface area contributed by atoms with Gasteiger partial charge in [-0.3, -0.25) is 9.59 Å². The third-order valence-electron chi connectivity index (χ3n) is 7.15. The minimum absolute atomic E-state index is 0.0230. The molecule has 2 aromatic rings. The summed E-state index contributed by atoms with van der Waals surface area (Å²) in [5, 5.41) is 0. The van der Waals surface area contributed by atoms with Crippen molar-refractivity contribution in [2.75, 3.05) is 18.3 Å². The molecule has 0 saturated carbocycles. The standard InChI is InChI=1S/C30H38Cl2N2O5/c1-2-13-30(14-16-31,15-17-32)39-28(36)24-19-26(29(37)38-21-23-11-7-4-8-12-23)34(20-24)27(35)25(33)18-22-9-5-3-6-10-22/h3-12,24-26H,2,13-21,33H2,1H3/t24?,25-,26-/m0/s1. The van der Waals surface area contributed by atoms with E-state index in [0.717, 1.165) is 17.5 Å². The van der Waals surface area contributed by atoms with Gasteiger partial charge in [-0.15, -0.1) is 23.2 Å². The molecule has 1 saturated heterocycles. The first kappa shape index (κ1) is 30.9. The third-order valence-corrected chi connectivity index (χ3v) is 7.53. The predicted octanol–water partition coefficient (Wildman–Crippen LogP) is 4.86. The zero-order chi connectivity index (χ0) is 28.3. The Morgan fingerprint density at radius 2 is 1.54 bits per heavy atom. The van der Waals surface area contributed by atoms with Gasteiger partial charge in [0.15, 0.2) is 0 Å². The number of carbonyl (C=O) groups is 3. The molecule has 39 heavy (non-hydrogen) atoms. The van der Waals surface area contributed by atoms with E-state index in [1.54, 1.807) is 0 Å². The summed E-state index contributed by atoms with van der Waals surface area (Å²) in [6.45, 7) is 2.09. The number of nitrogens with zero attached hydrogens (tertiary/aromatic N) is 1. The molecule has 3 rings (SSSR count). The van der Waals surface area contributed by atoms with Gasteiger partial charge in [-0.05, 0) is 30.4 Å². The van der Waals surface area contributed by atoms with E-state index in [2.05, 4.69) is 0 Å². The Morgan fingerprint density at radius 3 is 2.10 bits per heavy atom. The molecule has 0 aromatic heterocycles. The molecule has 1 unspecified atom stereocenters. The zero-order valence-corrected chi connectivity index (χ0v) is 23.9. The minimum Gasteiger partial charge on any atom is -0.459 e. The van der Waals surface area contributed by atoms with E-state index in [1.165, 1.54) is 4.90 Å². The molecule has 2 aromatic carbocycles. The first-order valence-electron chi connectivity index (χ1n) is 13.5. The number of likely N-dealkylation sites (tertiary alicyclic amines) is 1. The van der Waals surface area contributed by atoms with Crippen molar-refractivity contribution < 1.29 is 23.9 Å². The Kier molecular flexibility index (Phi) is 12.1. The topological polar surface area (TPSA) is 98.9 Å². The van der Waals surface area contributed by atoms with E-state index < -0.39 is 41.4 Å². The van der Waals surface area contributed by atoms with E-state index in [4.69, 9.17) is 38.4 Å². The number of amides is 1. The predicted molar refractivity (Wildman–Crippen MR) is 152 cm³/mol. The lowest BCUT2D eigenvalue weighted by atomic mass is 9.91. The number of hydrogen-bond donors (Lipinski definition) is 1. The number of rotatable bonds is 14. The van der Waals surface area contributed by atoms with Gasteiger partial charge in [-0.1, -0.05) is 74.0 Å². The highest BCUT2D eigenvalue weighted by Gasteiger charge is 2.46. The van der Waals surface area contributed by atoms with Crippen molar-refractivity contribution in [3.05, 3.63) is 71.8 Å². The fraction of sp³-hybridized carbons (Fsp3) is 0.500. The van der Waals surface area contributed by atoms with Gasteiger partial charge in [-0.2, -0.15) is 0 Å². The lowest BCUT2D eigenvalue weighted by Gasteiger charge is -2.33. The zero-order valence-electron chi connectivity index (χ0n) is 22.4. The van der Waals surface area contributed by atoms with Crippen LogP contribution in [0.1, 0.15) is 50.2 Å². The Hall–Kier alpha value is -2.61. The molecule has 0 aliphatic carbocycles. The number of halogens is 2. The van der Waals surface area contributed by atoms with E-state index in [0.29, 0.717) is 37.4 Å². The molecule has 3 atom stereocenters. The summed E-state index contributed by atoms with van der Waals surface area (Å²) in [4.78, 5) is 41.6. The Labute approximate surface area is 240 Å². The van der Waals surface area contributed by atoms with Crippen LogP contribution in [0.3, 0.4) is 0 Å². The van der Waals surface area contributed by atoms with Crippen LogP contribution in [0.4, 0.5) is 0 Å². The second kappa shape index (κ2) is 15.2. The molecule has 0 bridgehead atoms. The van der Waals surface area contributed by atoms with Crippen LogP contribution in [0.5, 0.6) is 0 Å². The van der Waals surface area contributed by atoms with Gasteiger partial charge in [0.05, 0.1) is 12.0 Å². The monoisotopic (exact) mass is 576 g/mol. The van der Waals surface area contributed by atoms with Crippen molar-refractivity contribution in [3.8, 4) is 0 Å². The first-order valence-corrected chi connectivity index (χ1v) is 14.5. The van der Waals surface area contributed by atoms with Gasteiger partial charge in [0.2, 0.25) is 5.91 Å². The number of carbonyl (C=O) groups excluding carboxylic acids is 3. The van der Waals surface area contributed by atoms with Gasteiger partial charge in [-0.25, -0.2) is 4.79 Å². The maximum Gasteiger partial charge on any atom is 0.329 e. The summed E-state index contributed by atoms with van der Waals surface area (Å²) in [7, 11) is 0. The molecule has 1 fully saturated rings.